The van der Waals surface area contributed by atoms with Crippen LogP contribution >= 0.6 is 11.6 Å². The molecule has 0 fully saturated rings. The van der Waals surface area contributed by atoms with Crippen LogP contribution in [-0.4, -0.2) is 23.1 Å². The topological polar surface area (TPSA) is 6.48 Å². The smallest absolute Gasteiger partial charge is 0.119 e. The maximum absolute atomic E-state index is 5.97. The van der Waals surface area contributed by atoms with Crippen LogP contribution in [0.15, 0.2) is 23.5 Å². The molecule has 0 saturated carbocycles. The summed E-state index contributed by atoms with van der Waals surface area (Å²) in [5.41, 5.74) is 0. The Hall–Kier alpha value is -0.630. The van der Waals surface area contributed by atoms with Gasteiger partial charge in [0.2, 0.25) is 0 Å². The van der Waals surface area contributed by atoms with Crippen molar-refractivity contribution in [2.45, 2.75) is 12.8 Å². The molecular formula is C8H11ClN2. The van der Waals surface area contributed by atoms with E-state index < -0.39 is 0 Å². The molecule has 0 atom stereocenters. The van der Waals surface area contributed by atoms with Gasteiger partial charge in [0.25, 0.3) is 0 Å². The Morgan fingerprint density at radius 3 is 2.73 bits per heavy atom. The molecule has 0 aromatic carbocycles. The molecular weight excluding hydrogens is 160 g/mol. The van der Waals surface area contributed by atoms with Gasteiger partial charge in [-0.05, 0) is 18.9 Å². The summed E-state index contributed by atoms with van der Waals surface area (Å²) in [6.45, 7) is 2.10. The summed E-state index contributed by atoms with van der Waals surface area (Å²) in [5.74, 6) is 0. The predicted molar refractivity (Wildman–Crippen MR) is 45.7 cm³/mol. The zero-order chi connectivity index (χ0) is 7.68. The van der Waals surface area contributed by atoms with Crippen LogP contribution in [0, 0.1) is 0 Å². The Morgan fingerprint density at radius 1 is 1.27 bits per heavy atom. The third-order valence-electron chi connectivity index (χ3n) is 2.01. The van der Waals surface area contributed by atoms with Gasteiger partial charge in [0.05, 0.1) is 0 Å². The van der Waals surface area contributed by atoms with Crippen molar-refractivity contribution in [3.05, 3.63) is 23.5 Å². The molecule has 0 aliphatic carbocycles. The summed E-state index contributed by atoms with van der Waals surface area (Å²) in [6.07, 6.45) is 8.54. The molecule has 60 valence electrons. The number of hydrogen-bond donors (Lipinski definition) is 0. The normalized spacial score (nSPS) is 23.2. The number of nitrogens with zero attached hydrogens (tertiary/aromatic N) is 2. The second kappa shape index (κ2) is 2.78. The van der Waals surface area contributed by atoms with Gasteiger partial charge in [-0.1, -0.05) is 17.7 Å². The van der Waals surface area contributed by atoms with E-state index in [1.165, 1.54) is 0 Å². The number of hydrazine groups is 1. The van der Waals surface area contributed by atoms with Crippen molar-refractivity contribution in [3.63, 3.8) is 0 Å². The highest BCUT2D eigenvalue weighted by atomic mass is 35.5. The fourth-order valence-electron chi connectivity index (χ4n) is 1.45. The van der Waals surface area contributed by atoms with E-state index in [1.54, 1.807) is 0 Å². The zero-order valence-electron chi connectivity index (χ0n) is 6.33. The zero-order valence-corrected chi connectivity index (χ0v) is 7.09. The second-order valence-corrected chi connectivity index (χ2v) is 3.16. The summed E-state index contributed by atoms with van der Waals surface area (Å²) in [6, 6.07) is 0. The van der Waals surface area contributed by atoms with Gasteiger partial charge in [0.15, 0.2) is 0 Å². The first-order chi connectivity index (χ1) is 5.38. The quantitative estimate of drug-likeness (QED) is 0.555. The summed E-state index contributed by atoms with van der Waals surface area (Å²) < 4.78 is 0. The van der Waals surface area contributed by atoms with Gasteiger partial charge in [-0.25, -0.2) is 0 Å². The molecule has 0 spiro atoms. The molecule has 2 aliphatic rings. The molecule has 3 heteroatoms. The minimum absolute atomic E-state index is 0.872. The molecule has 0 bridgehead atoms. The average Bonchev–Trinajstić information content (AvgIpc) is 2.55. The Kier molecular flexibility index (Phi) is 1.78. The molecule has 2 heterocycles. The lowest BCUT2D eigenvalue weighted by atomic mass is 10.5. The SMILES string of the molecule is ClC1=CCCN1N1C=CCC1. The third-order valence-corrected chi connectivity index (χ3v) is 2.36. The van der Waals surface area contributed by atoms with Gasteiger partial charge in [-0.3, -0.25) is 10.0 Å². The van der Waals surface area contributed by atoms with E-state index in [1.807, 2.05) is 0 Å². The van der Waals surface area contributed by atoms with Crippen molar-refractivity contribution >= 4 is 11.6 Å². The lowest BCUT2D eigenvalue weighted by molar-refractivity contribution is 0.0941. The first-order valence-corrected chi connectivity index (χ1v) is 4.32. The third kappa shape index (κ3) is 1.23. The van der Waals surface area contributed by atoms with Gasteiger partial charge in [0.1, 0.15) is 5.16 Å². The molecule has 2 nitrogen and oxygen atoms in total. The lowest BCUT2D eigenvalue weighted by Gasteiger charge is -2.29. The van der Waals surface area contributed by atoms with E-state index in [2.05, 4.69) is 28.4 Å². The predicted octanol–water partition coefficient (Wildman–Crippen LogP) is 1.91. The molecule has 11 heavy (non-hydrogen) atoms. The van der Waals surface area contributed by atoms with Gasteiger partial charge < -0.3 is 0 Å². The first kappa shape index (κ1) is 7.04. The number of rotatable bonds is 1. The maximum atomic E-state index is 5.97. The van der Waals surface area contributed by atoms with Crippen molar-refractivity contribution in [2.75, 3.05) is 13.1 Å². The summed E-state index contributed by atoms with van der Waals surface area (Å²) in [4.78, 5) is 0. The Labute approximate surface area is 71.7 Å². The molecule has 2 aliphatic heterocycles. The van der Waals surface area contributed by atoms with Crippen molar-refractivity contribution in [1.82, 2.24) is 10.0 Å². The van der Waals surface area contributed by atoms with Crippen molar-refractivity contribution in [2.24, 2.45) is 0 Å². The van der Waals surface area contributed by atoms with Gasteiger partial charge in [-0.15, -0.1) is 0 Å². The Morgan fingerprint density at radius 2 is 2.18 bits per heavy atom. The minimum Gasteiger partial charge on any atom is -0.292 e. The molecule has 0 unspecified atom stereocenters. The van der Waals surface area contributed by atoms with Crippen molar-refractivity contribution in [1.29, 1.82) is 0 Å². The van der Waals surface area contributed by atoms with Crippen LogP contribution in [0.3, 0.4) is 0 Å². The summed E-state index contributed by atoms with van der Waals surface area (Å²) in [7, 11) is 0. The number of hydrogen-bond acceptors (Lipinski definition) is 2. The van der Waals surface area contributed by atoms with Crippen LogP contribution in [0.1, 0.15) is 12.8 Å². The number of halogens is 1. The minimum atomic E-state index is 0.872. The summed E-state index contributed by atoms with van der Waals surface area (Å²) >= 11 is 5.97. The molecule has 2 rings (SSSR count). The highest BCUT2D eigenvalue weighted by Crippen LogP contribution is 2.22. The molecule has 0 saturated heterocycles. The summed E-state index contributed by atoms with van der Waals surface area (Å²) in [5, 5.41) is 5.16. The van der Waals surface area contributed by atoms with E-state index in [0.717, 1.165) is 31.1 Å². The lowest BCUT2D eigenvalue weighted by Crippen LogP contribution is -2.33. The van der Waals surface area contributed by atoms with E-state index in [0.29, 0.717) is 0 Å². The molecule has 0 N–H and O–H groups in total. The van der Waals surface area contributed by atoms with Crippen LogP contribution in [0.2, 0.25) is 0 Å². The van der Waals surface area contributed by atoms with E-state index in [9.17, 15) is 0 Å². The largest absolute Gasteiger partial charge is 0.292 e. The average molecular weight is 171 g/mol. The van der Waals surface area contributed by atoms with Gasteiger partial charge in [0, 0.05) is 19.3 Å². The van der Waals surface area contributed by atoms with Crippen LogP contribution in [-0.2, 0) is 0 Å². The highest BCUT2D eigenvalue weighted by Gasteiger charge is 2.19. The van der Waals surface area contributed by atoms with E-state index in [4.69, 9.17) is 11.6 Å². The van der Waals surface area contributed by atoms with Crippen molar-refractivity contribution < 1.29 is 0 Å². The fraction of sp³-hybridized carbons (Fsp3) is 0.500. The van der Waals surface area contributed by atoms with Crippen LogP contribution in [0.25, 0.3) is 0 Å². The van der Waals surface area contributed by atoms with E-state index in [-0.39, 0.29) is 0 Å². The monoisotopic (exact) mass is 170 g/mol. The molecule has 0 aromatic rings. The fourth-order valence-corrected chi connectivity index (χ4v) is 1.74. The van der Waals surface area contributed by atoms with Crippen LogP contribution in [0.4, 0.5) is 0 Å². The molecule has 0 amide bonds. The highest BCUT2D eigenvalue weighted by molar-refractivity contribution is 6.29. The van der Waals surface area contributed by atoms with E-state index >= 15 is 0 Å². The van der Waals surface area contributed by atoms with Crippen molar-refractivity contribution in [3.8, 4) is 0 Å². The van der Waals surface area contributed by atoms with Gasteiger partial charge >= 0.3 is 0 Å². The maximum Gasteiger partial charge on any atom is 0.119 e. The standard InChI is InChI=1S/C8H11ClN2/c9-8-4-3-7-11(8)10-5-1-2-6-10/h1,4-5H,2-3,6-7H2. The second-order valence-electron chi connectivity index (χ2n) is 2.78. The molecule has 0 aromatic heterocycles. The Balaban J connectivity index is 2.04. The van der Waals surface area contributed by atoms with Crippen LogP contribution in [0.5, 0.6) is 0 Å². The van der Waals surface area contributed by atoms with Gasteiger partial charge in [-0.2, -0.15) is 0 Å². The first-order valence-electron chi connectivity index (χ1n) is 3.94. The van der Waals surface area contributed by atoms with Crippen LogP contribution < -0.4 is 0 Å². The Bertz CT molecular complexity index is 210. The molecule has 0 radical (unpaired) electrons.